The van der Waals surface area contributed by atoms with Gasteiger partial charge in [-0.05, 0) is 18.9 Å². The Labute approximate surface area is 89.3 Å². The van der Waals surface area contributed by atoms with Crippen molar-refractivity contribution in [2.75, 3.05) is 14.2 Å². The minimum atomic E-state index is 0.716. The molecular formula is C12H16O3. The highest BCUT2D eigenvalue weighted by atomic mass is 16.5. The molecule has 2 aromatic heterocycles. The molecule has 3 nitrogen and oxygen atoms in total. The van der Waals surface area contributed by atoms with Gasteiger partial charge >= 0.3 is 0 Å². The fourth-order valence-electron chi connectivity index (χ4n) is 1.88. The number of benzene rings is 1. The van der Waals surface area contributed by atoms with Crippen LogP contribution in [0.1, 0.15) is 25.3 Å². The maximum atomic E-state index is 5.61. The maximum Gasteiger partial charge on any atom is 0.208 e. The summed E-state index contributed by atoms with van der Waals surface area (Å²) in [6.45, 7) is 2.18. The van der Waals surface area contributed by atoms with Gasteiger partial charge < -0.3 is 13.9 Å². The number of rotatable bonds is 5. The van der Waals surface area contributed by atoms with Crippen molar-refractivity contribution < 1.29 is 13.9 Å². The first-order valence-electron chi connectivity index (χ1n) is 5.27. The Morgan fingerprint density at radius 2 is 1.93 bits per heavy atom. The molecule has 0 aliphatic rings. The van der Waals surface area contributed by atoms with Crippen molar-refractivity contribution in [1.82, 2.24) is 0 Å². The van der Waals surface area contributed by atoms with Crippen LogP contribution in [0, 0.1) is 0 Å². The maximum absolute atomic E-state index is 5.61. The SMILES string of the molecule is CCCCc1cc2oc1c(OC)c2OC. The van der Waals surface area contributed by atoms with E-state index in [9.17, 15) is 0 Å². The van der Waals surface area contributed by atoms with Gasteiger partial charge in [0, 0.05) is 5.56 Å². The summed E-state index contributed by atoms with van der Waals surface area (Å²) in [6, 6.07) is 2.05. The van der Waals surface area contributed by atoms with Crippen LogP contribution in [0.15, 0.2) is 10.5 Å². The molecule has 0 N–H and O–H groups in total. The average molecular weight is 208 g/mol. The first kappa shape index (κ1) is 10.1. The molecule has 0 aliphatic heterocycles. The lowest BCUT2D eigenvalue weighted by molar-refractivity contribution is 0.363. The minimum Gasteiger partial charge on any atom is -0.490 e. The third kappa shape index (κ3) is 1.52. The molecule has 0 saturated carbocycles. The predicted molar refractivity (Wildman–Crippen MR) is 59.1 cm³/mol. The molecule has 0 unspecified atom stereocenters. The van der Waals surface area contributed by atoms with Crippen molar-refractivity contribution >= 4 is 11.2 Å². The van der Waals surface area contributed by atoms with Crippen molar-refractivity contribution in [2.24, 2.45) is 0 Å². The van der Waals surface area contributed by atoms with Crippen LogP contribution in [0.25, 0.3) is 11.2 Å². The molecule has 0 spiro atoms. The van der Waals surface area contributed by atoms with E-state index in [-0.39, 0.29) is 0 Å². The Bertz CT molecular complexity index is 430. The highest BCUT2D eigenvalue weighted by Crippen LogP contribution is 2.44. The third-order valence-corrected chi connectivity index (χ3v) is 2.65. The number of aryl methyl sites for hydroxylation is 1. The van der Waals surface area contributed by atoms with Crippen LogP contribution < -0.4 is 9.47 Å². The molecule has 2 aromatic rings. The second-order valence-corrected chi connectivity index (χ2v) is 3.64. The smallest absolute Gasteiger partial charge is 0.208 e. The van der Waals surface area contributed by atoms with E-state index in [1.54, 1.807) is 14.2 Å². The molecular weight excluding hydrogens is 192 g/mol. The Morgan fingerprint density at radius 1 is 1.20 bits per heavy atom. The summed E-state index contributed by atoms with van der Waals surface area (Å²) in [6.07, 6.45) is 3.40. The lowest BCUT2D eigenvalue weighted by atomic mass is 10.1. The minimum absolute atomic E-state index is 0.716. The lowest BCUT2D eigenvalue weighted by Crippen LogP contribution is -1.91. The monoisotopic (exact) mass is 208 g/mol. The average Bonchev–Trinajstić information content (AvgIpc) is 2.81. The molecule has 2 heterocycles. The number of unbranched alkanes of at least 4 members (excludes halogenated alkanes) is 1. The fourth-order valence-corrected chi connectivity index (χ4v) is 1.88. The van der Waals surface area contributed by atoms with Crippen LogP contribution >= 0.6 is 0 Å². The number of hydrogen-bond acceptors (Lipinski definition) is 3. The Kier molecular flexibility index (Phi) is 2.71. The molecule has 0 aliphatic carbocycles. The number of ether oxygens (including phenoxy) is 2. The highest BCUT2D eigenvalue weighted by Gasteiger charge is 2.22. The number of furan rings is 2. The normalized spacial score (nSPS) is 11.1. The second-order valence-electron chi connectivity index (χ2n) is 3.64. The Morgan fingerprint density at radius 3 is 2.53 bits per heavy atom. The largest absolute Gasteiger partial charge is 0.490 e. The van der Waals surface area contributed by atoms with Crippen molar-refractivity contribution in [1.29, 1.82) is 0 Å². The van der Waals surface area contributed by atoms with E-state index in [1.807, 2.05) is 6.07 Å². The molecule has 82 valence electrons. The number of hydrogen-bond donors (Lipinski definition) is 0. The van der Waals surface area contributed by atoms with Gasteiger partial charge in [0.2, 0.25) is 11.5 Å². The molecule has 0 radical (unpaired) electrons. The van der Waals surface area contributed by atoms with Crippen molar-refractivity contribution in [2.45, 2.75) is 26.2 Å². The number of fused-ring (bicyclic) bond motifs is 2. The fraction of sp³-hybridized carbons (Fsp3) is 0.500. The summed E-state index contributed by atoms with van der Waals surface area (Å²) in [5.41, 5.74) is 2.86. The van der Waals surface area contributed by atoms with Crippen molar-refractivity contribution in [3.8, 4) is 11.5 Å². The van der Waals surface area contributed by atoms with Gasteiger partial charge in [-0.3, -0.25) is 0 Å². The summed E-state index contributed by atoms with van der Waals surface area (Å²) >= 11 is 0. The Balaban J connectivity index is 2.37. The van der Waals surface area contributed by atoms with Crippen molar-refractivity contribution in [3.63, 3.8) is 0 Å². The van der Waals surface area contributed by atoms with Crippen LogP contribution in [0.4, 0.5) is 0 Å². The van der Waals surface area contributed by atoms with Crippen molar-refractivity contribution in [3.05, 3.63) is 11.6 Å². The molecule has 0 aromatic carbocycles. The van der Waals surface area contributed by atoms with Gasteiger partial charge in [-0.15, -0.1) is 0 Å². The van der Waals surface area contributed by atoms with E-state index >= 15 is 0 Å². The zero-order valence-corrected chi connectivity index (χ0v) is 9.42. The van der Waals surface area contributed by atoms with E-state index in [1.165, 1.54) is 18.4 Å². The highest BCUT2D eigenvalue weighted by molar-refractivity contribution is 5.83. The van der Waals surface area contributed by atoms with Gasteiger partial charge in [0.15, 0.2) is 11.2 Å². The molecule has 0 amide bonds. The summed E-state index contributed by atoms with van der Waals surface area (Å²) in [5.74, 6) is 1.45. The van der Waals surface area contributed by atoms with Gasteiger partial charge in [0.1, 0.15) is 0 Å². The Hall–Kier alpha value is -1.38. The van der Waals surface area contributed by atoms with Crippen LogP contribution in [0.3, 0.4) is 0 Å². The molecule has 2 bridgehead atoms. The van der Waals surface area contributed by atoms with E-state index in [0.717, 1.165) is 23.3 Å². The van der Waals surface area contributed by atoms with Gasteiger partial charge in [-0.1, -0.05) is 13.3 Å². The van der Waals surface area contributed by atoms with Gasteiger partial charge in [0.25, 0.3) is 0 Å². The van der Waals surface area contributed by atoms with Crippen LogP contribution in [0.2, 0.25) is 0 Å². The van der Waals surface area contributed by atoms with Crippen LogP contribution in [0.5, 0.6) is 11.5 Å². The topological polar surface area (TPSA) is 31.6 Å². The molecule has 0 atom stereocenters. The first-order valence-corrected chi connectivity index (χ1v) is 5.27. The van der Waals surface area contributed by atoms with Crippen LogP contribution in [-0.4, -0.2) is 14.2 Å². The lowest BCUT2D eigenvalue weighted by Gasteiger charge is -2.04. The summed E-state index contributed by atoms with van der Waals surface area (Å²) in [5, 5.41) is 0. The first-order chi connectivity index (χ1) is 7.31. The molecule has 0 saturated heterocycles. The quantitative estimate of drug-likeness (QED) is 0.756. The van der Waals surface area contributed by atoms with Gasteiger partial charge in [-0.25, -0.2) is 0 Å². The second kappa shape index (κ2) is 4.01. The summed E-state index contributed by atoms with van der Waals surface area (Å²) < 4.78 is 16.1. The molecule has 3 heteroatoms. The van der Waals surface area contributed by atoms with E-state index in [0.29, 0.717) is 5.75 Å². The zero-order chi connectivity index (χ0) is 10.8. The summed E-state index contributed by atoms with van der Waals surface area (Å²) in [4.78, 5) is 0. The van der Waals surface area contributed by atoms with E-state index < -0.39 is 0 Å². The number of methoxy groups -OCH3 is 2. The third-order valence-electron chi connectivity index (χ3n) is 2.65. The van der Waals surface area contributed by atoms with E-state index in [2.05, 4.69) is 6.92 Å². The molecule has 2 rings (SSSR count). The standard InChI is InChI=1S/C12H16O3/c1-4-5-6-8-7-9-11(13-2)12(14-3)10(8)15-9/h7H,4-6H2,1-3H3. The zero-order valence-electron chi connectivity index (χ0n) is 9.42. The van der Waals surface area contributed by atoms with E-state index in [4.69, 9.17) is 13.9 Å². The van der Waals surface area contributed by atoms with Crippen LogP contribution in [-0.2, 0) is 6.42 Å². The molecule has 0 fully saturated rings. The van der Waals surface area contributed by atoms with Gasteiger partial charge in [-0.2, -0.15) is 0 Å². The van der Waals surface area contributed by atoms with Gasteiger partial charge in [0.05, 0.1) is 14.2 Å². The predicted octanol–water partition coefficient (Wildman–Crippen LogP) is 3.23. The molecule has 15 heavy (non-hydrogen) atoms. The summed E-state index contributed by atoms with van der Waals surface area (Å²) in [7, 11) is 3.27.